The smallest absolute Gasteiger partial charge is 0.247 e. The van der Waals surface area contributed by atoms with E-state index >= 15 is 0 Å². The molecule has 6 nitrogen and oxygen atoms in total. The molecule has 0 unspecified atom stereocenters. The van der Waals surface area contributed by atoms with Crippen molar-refractivity contribution in [2.75, 3.05) is 32.0 Å². The fraction of sp³-hybridized carbons (Fsp3) is 0.444. The fourth-order valence-corrected chi connectivity index (χ4v) is 3.29. The van der Waals surface area contributed by atoms with Crippen LogP contribution >= 0.6 is 0 Å². The molecule has 1 N–H and O–H groups in total. The lowest BCUT2D eigenvalue weighted by molar-refractivity contribution is -0.123. The average Bonchev–Trinajstić information content (AvgIpc) is 2.96. The summed E-state index contributed by atoms with van der Waals surface area (Å²) in [7, 11) is 2.11. The van der Waals surface area contributed by atoms with Gasteiger partial charge in [-0.2, -0.15) is 0 Å². The molecule has 0 spiro atoms. The van der Waals surface area contributed by atoms with Gasteiger partial charge in [-0.1, -0.05) is 35.5 Å². The van der Waals surface area contributed by atoms with Gasteiger partial charge in [-0.05, 0) is 26.5 Å². The molecule has 1 aromatic carbocycles. The first-order valence-electron chi connectivity index (χ1n) is 8.28. The Hall–Kier alpha value is -2.18. The van der Waals surface area contributed by atoms with E-state index in [2.05, 4.69) is 34.2 Å². The van der Waals surface area contributed by atoms with Crippen LogP contribution < -0.4 is 5.32 Å². The van der Waals surface area contributed by atoms with E-state index in [4.69, 9.17) is 4.52 Å². The molecule has 2 heterocycles. The van der Waals surface area contributed by atoms with Crippen LogP contribution in [-0.2, 0) is 4.79 Å². The maximum absolute atomic E-state index is 13.0. The molecule has 0 saturated carbocycles. The third kappa shape index (κ3) is 3.66. The maximum atomic E-state index is 13.0. The number of hydrogen-bond acceptors (Lipinski definition) is 5. The molecule has 0 bridgehead atoms. The second-order valence-corrected chi connectivity index (χ2v) is 6.47. The molecule has 2 atom stereocenters. The van der Waals surface area contributed by atoms with Gasteiger partial charge in [-0.25, -0.2) is 0 Å². The van der Waals surface area contributed by atoms with Crippen LogP contribution in [0.25, 0.3) is 0 Å². The van der Waals surface area contributed by atoms with Crippen molar-refractivity contribution in [1.82, 2.24) is 15.0 Å². The highest BCUT2D eigenvalue weighted by molar-refractivity contribution is 5.94. The van der Waals surface area contributed by atoms with Crippen molar-refractivity contribution in [3.05, 3.63) is 47.7 Å². The minimum atomic E-state index is -0.341. The third-order valence-corrected chi connectivity index (χ3v) is 4.46. The zero-order valence-electron chi connectivity index (χ0n) is 14.4. The lowest BCUT2D eigenvalue weighted by Crippen LogP contribution is -2.53. The molecule has 6 heteroatoms. The number of likely N-dealkylation sites (N-methyl/N-ethyl adjacent to an activating group) is 1. The number of carbonyl (C=O) groups is 1. The van der Waals surface area contributed by atoms with Crippen molar-refractivity contribution in [2.24, 2.45) is 0 Å². The number of benzene rings is 1. The summed E-state index contributed by atoms with van der Waals surface area (Å²) >= 11 is 0. The van der Waals surface area contributed by atoms with Crippen molar-refractivity contribution >= 4 is 11.7 Å². The van der Waals surface area contributed by atoms with Gasteiger partial charge >= 0.3 is 0 Å². The molecule has 0 aliphatic carbocycles. The summed E-state index contributed by atoms with van der Waals surface area (Å²) in [6.07, 6.45) is 0. The summed E-state index contributed by atoms with van der Waals surface area (Å²) in [4.78, 5) is 17.6. The fourth-order valence-electron chi connectivity index (χ4n) is 3.29. The monoisotopic (exact) mass is 328 g/mol. The molecule has 2 aromatic rings. The Morgan fingerprint density at radius 3 is 2.71 bits per heavy atom. The van der Waals surface area contributed by atoms with Crippen LogP contribution in [0.2, 0.25) is 0 Å². The normalized spacial score (nSPS) is 20.7. The van der Waals surface area contributed by atoms with Crippen LogP contribution in [0.15, 0.2) is 40.9 Å². The van der Waals surface area contributed by atoms with Gasteiger partial charge in [0.15, 0.2) is 5.82 Å². The molecule has 128 valence electrons. The Bertz CT molecular complexity index is 685. The molecule has 1 aliphatic heterocycles. The number of nitrogens with zero attached hydrogens (tertiary/aromatic N) is 3. The highest BCUT2D eigenvalue weighted by Crippen LogP contribution is 2.26. The van der Waals surface area contributed by atoms with Crippen LogP contribution in [0.4, 0.5) is 5.82 Å². The van der Waals surface area contributed by atoms with E-state index in [0.717, 1.165) is 25.2 Å². The standard InChI is InChI=1S/C18H24N4O2/c1-13-12-21(3)9-10-22(13)17(15-7-5-4-6-8-15)18(23)19-16-11-14(2)24-20-16/h4-8,11,13,17H,9-10,12H2,1-3H3,(H,19,20,23)/t13-,17-/m1/s1. The minimum Gasteiger partial charge on any atom is -0.360 e. The Balaban J connectivity index is 1.86. The summed E-state index contributed by atoms with van der Waals surface area (Å²) in [5.41, 5.74) is 0.992. The van der Waals surface area contributed by atoms with Crippen molar-refractivity contribution < 1.29 is 9.32 Å². The lowest BCUT2D eigenvalue weighted by atomic mass is 10.0. The SMILES string of the molecule is Cc1cc(NC(=O)[C@@H](c2ccccc2)N2CCN(C)C[C@H]2C)no1. The van der Waals surface area contributed by atoms with E-state index in [1.807, 2.05) is 30.3 Å². The minimum absolute atomic E-state index is 0.0779. The zero-order valence-corrected chi connectivity index (χ0v) is 14.4. The number of aryl methyl sites for hydroxylation is 1. The van der Waals surface area contributed by atoms with E-state index in [1.165, 1.54) is 0 Å². The first kappa shape index (κ1) is 16.7. The molecule has 3 rings (SSSR count). The highest BCUT2D eigenvalue weighted by Gasteiger charge is 2.34. The molecule has 1 aliphatic rings. The van der Waals surface area contributed by atoms with Crippen LogP contribution in [-0.4, -0.2) is 53.6 Å². The Kier molecular flexibility index (Phi) is 4.97. The van der Waals surface area contributed by atoms with Crippen molar-refractivity contribution in [3.63, 3.8) is 0 Å². The first-order chi connectivity index (χ1) is 11.5. The van der Waals surface area contributed by atoms with Gasteiger partial charge in [0.2, 0.25) is 5.91 Å². The quantitative estimate of drug-likeness (QED) is 0.933. The average molecular weight is 328 g/mol. The number of hydrogen-bond donors (Lipinski definition) is 1. The van der Waals surface area contributed by atoms with Gasteiger partial charge in [0, 0.05) is 31.7 Å². The van der Waals surface area contributed by atoms with E-state index in [9.17, 15) is 4.79 Å². The topological polar surface area (TPSA) is 61.6 Å². The Labute approximate surface area is 142 Å². The lowest BCUT2D eigenvalue weighted by Gasteiger charge is -2.42. The summed E-state index contributed by atoms with van der Waals surface area (Å²) < 4.78 is 5.05. The van der Waals surface area contributed by atoms with Gasteiger partial charge < -0.3 is 14.7 Å². The van der Waals surface area contributed by atoms with Crippen LogP contribution in [0.5, 0.6) is 0 Å². The van der Waals surface area contributed by atoms with Gasteiger partial charge in [-0.3, -0.25) is 9.69 Å². The number of piperazine rings is 1. The summed E-state index contributed by atoms with van der Waals surface area (Å²) in [6.45, 7) is 6.71. The molecule has 24 heavy (non-hydrogen) atoms. The largest absolute Gasteiger partial charge is 0.360 e. The van der Waals surface area contributed by atoms with Crippen molar-refractivity contribution in [1.29, 1.82) is 0 Å². The van der Waals surface area contributed by atoms with Gasteiger partial charge in [0.05, 0.1) is 0 Å². The molecule has 1 amide bonds. The predicted molar refractivity (Wildman–Crippen MR) is 92.7 cm³/mol. The van der Waals surface area contributed by atoms with Crippen molar-refractivity contribution in [2.45, 2.75) is 25.9 Å². The first-order valence-corrected chi connectivity index (χ1v) is 8.28. The molecular weight excluding hydrogens is 304 g/mol. The second-order valence-electron chi connectivity index (χ2n) is 6.47. The summed E-state index contributed by atoms with van der Waals surface area (Å²) in [5.74, 6) is 1.06. The number of amides is 1. The number of aromatic nitrogens is 1. The van der Waals surface area contributed by atoms with E-state index < -0.39 is 0 Å². The van der Waals surface area contributed by atoms with E-state index in [1.54, 1.807) is 13.0 Å². The van der Waals surface area contributed by atoms with Crippen LogP contribution in [0.1, 0.15) is 24.3 Å². The molecule has 0 radical (unpaired) electrons. The Morgan fingerprint density at radius 1 is 1.33 bits per heavy atom. The second kappa shape index (κ2) is 7.15. The molecule has 1 fully saturated rings. The zero-order chi connectivity index (χ0) is 17.1. The molecule has 1 saturated heterocycles. The molecule has 1 aromatic heterocycles. The number of anilines is 1. The van der Waals surface area contributed by atoms with Crippen molar-refractivity contribution in [3.8, 4) is 0 Å². The summed E-state index contributed by atoms with van der Waals surface area (Å²) in [6, 6.07) is 11.6. The van der Waals surface area contributed by atoms with Gasteiger partial charge in [0.1, 0.15) is 11.8 Å². The highest BCUT2D eigenvalue weighted by atomic mass is 16.5. The number of carbonyl (C=O) groups excluding carboxylic acids is 1. The van der Waals surface area contributed by atoms with E-state index in [-0.39, 0.29) is 11.9 Å². The van der Waals surface area contributed by atoms with Gasteiger partial charge in [0.25, 0.3) is 0 Å². The van der Waals surface area contributed by atoms with Gasteiger partial charge in [-0.15, -0.1) is 0 Å². The number of rotatable bonds is 4. The maximum Gasteiger partial charge on any atom is 0.247 e. The predicted octanol–water partition coefficient (Wildman–Crippen LogP) is 2.30. The number of nitrogens with one attached hydrogen (secondary N) is 1. The molecular formula is C18H24N4O2. The van der Waals surface area contributed by atoms with Crippen LogP contribution in [0, 0.1) is 6.92 Å². The van der Waals surface area contributed by atoms with E-state index in [0.29, 0.717) is 17.6 Å². The third-order valence-electron chi connectivity index (χ3n) is 4.46. The summed E-state index contributed by atoms with van der Waals surface area (Å²) in [5, 5.41) is 6.77. The Morgan fingerprint density at radius 2 is 2.08 bits per heavy atom. The van der Waals surface area contributed by atoms with Crippen LogP contribution in [0.3, 0.4) is 0 Å².